The Morgan fingerprint density at radius 2 is 1.91 bits per heavy atom. The van der Waals surface area contributed by atoms with Crippen LogP contribution in [0.2, 0.25) is 0 Å². The molecule has 0 radical (unpaired) electrons. The molecule has 2 unspecified atom stereocenters. The van der Waals surface area contributed by atoms with Gasteiger partial charge in [0.05, 0.1) is 22.2 Å². The summed E-state index contributed by atoms with van der Waals surface area (Å²) in [7, 11) is 0. The Kier molecular flexibility index (Phi) is 6.99. The summed E-state index contributed by atoms with van der Waals surface area (Å²) in [5, 5.41) is 14.9. The second kappa shape index (κ2) is 9.13. The maximum Gasteiger partial charge on any atom is 0.408 e. The highest BCUT2D eigenvalue weighted by molar-refractivity contribution is 7.17. The Hall–Kier alpha value is -2.34. The van der Waals surface area contributed by atoms with E-state index in [1.54, 1.807) is 6.92 Å². The van der Waals surface area contributed by atoms with E-state index in [1.165, 1.54) is 20.8 Å². The van der Waals surface area contributed by atoms with Crippen LogP contribution < -0.4 is 10.6 Å². The van der Waals surface area contributed by atoms with Crippen LogP contribution in [-0.4, -0.2) is 44.8 Å². The molecule has 1 saturated carbocycles. The lowest BCUT2D eigenvalue weighted by atomic mass is 10.0. The molecule has 3 N–H and O–H groups in total. The third-order valence-corrected chi connectivity index (χ3v) is 6.75. The van der Waals surface area contributed by atoms with E-state index in [4.69, 9.17) is 0 Å². The molecule has 3 rings (SSSR count). The number of pyridine rings is 1. The molecule has 1 fully saturated rings. The predicted molar refractivity (Wildman–Crippen MR) is 114 cm³/mol. The minimum Gasteiger partial charge on any atom is -0.388 e. The predicted octanol–water partition coefficient (Wildman–Crippen LogP) is 5.09. The van der Waals surface area contributed by atoms with Gasteiger partial charge in [-0.1, -0.05) is 0 Å². The number of aliphatic hydroxyl groups is 1. The highest BCUT2D eigenvalue weighted by atomic mass is 32.1. The second-order valence-electron chi connectivity index (χ2n) is 8.74. The van der Waals surface area contributed by atoms with Gasteiger partial charge >= 0.3 is 6.18 Å². The topological polar surface area (TPSA) is 87.1 Å². The lowest BCUT2D eigenvalue weighted by Crippen LogP contribution is -2.47. The summed E-state index contributed by atoms with van der Waals surface area (Å²) < 4.78 is 67.6. The first kappa shape index (κ1) is 25.3. The van der Waals surface area contributed by atoms with Crippen molar-refractivity contribution in [3.8, 4) is 10.4 Å². The number of hydrogen-bond donors (Lipinski definition) is 3. The van der Waals surface area contributed by atoms with Crippen LogP contribution in [0.1, 0.15) is 61.1 Å². The number of hydrogen-bond acceptors (Lipinski definition) is 6. The van der Waals surface area contributed by atoms with E-state index in [0.717, 1.165) is 23.6 Å². The fourth-order valence-electron chi connectivity index (χ4n) is 3.15. The number of aryl methyl sites for hydroxylation is 1. The molecule has 1 aliphatic rings. The first-order valence-corrected chi connectivity index (χ1v) is 11.1. The van der Waals surface area contributed by atoms with Crippen LogP contribution in [0.25, 0.3) is 10.4 Å². The summed E-state index contributed by atoms with van der Waals surface area (Å²) in [5.74, 6) is -1.47. The van der Waals surface area contributed by atoms with Crippen molar-refractivity contribution in [2.75, 3.05) is 5.32 Å². The van der Waals surface area contributed by atoms with E-state index in [1.807, 2.05) is 0 Å². The van der Waals surface area contributed by atoms with Crippen molar-refractivity contribution in [3.63, 3.8) is 0 Å². The van der Waals surface area contributed by atoms with Crippen molar-refractivity contribution in [2.45, 2.75) is 70.8 Å². The molecule has 2 atom stereocenters. The quantitative estimate of drug-likeness (QED) is 0.447. The summed E-state index contributed by atoms with van der Waals surface area (Å²) in [6.07, 6.45) is -5.61. The average Bonchev–Trinajstić information content (AvgIpc) is 3.45. The van der Waals surface area contributed by atoms with Gasteiger partial charge in [-0.05, 0) is 52.5 Å². The Morgan fingerprint density at radius 1 is 1.27 bits per heavy atom. The van der Waals surface area contributed by atoms with E-state index >= 15 is 0 Å². The van der Waals surface area contributed by atoms with Crippen LogP contribution in [0.4, 0.5) is 27.8 Å². The van der Waals surface area contributed by atoms with Crippen LogP contribution in [0.15, 0.2) is 12.3 Å². The van der Waals surface area contributed by atoms with Crippen LogP contribution >= 0.6 is 11.3 Å². The smallest absolute Gasteiger partial charge is 0.388 e. The van der Waals surface area contributed by atoms with Crippen molar-refractivity contribution in [1.82, 2.24) is 15.3 Å². The molecule has 0 aromatic carbocycles. The number of alkyl halides is 5. The average molecular weight is 493 g/mol. The number of anilines is 1. The van der Waals surface area contributed by atoms with Gasteiger partial charge in [0, 0.05) is 17.3 Å². The summed E-state index contributed by atoms with van der Waals surface area (Å²) in [6.45, 7) is 6.20. The monoisotopic (exact) mass is 492 g/mol. The van der Waals surface area contributed by atoms with Crippen LogP contribution in [-0.2, 0) is 0 Å². The molecule has 0 bridgehead atoms. The molecule has 0 saturated heterocycles. The molecule has 2 aromatic heterocycles. The zero-order valence-electron chi connectivity index (χ0n) is 18.4. The third kappa shape index (κ3) is 5.97. The molecule has 33 heavy (non-hydrogen) atoms. The number of nitrogens with zero attached hydrogens (tertiary/aromatic N) is 2. The van der Waals surface area contributed by atoms with E-state index in [-0.39, 0.29) is 21.3 Å². The number of carbonyl (C=O) groups is 1. The summed E-state index contributed by atoms with van der Waals surface area (Å²) in [5.41, 5.74) is -1.39. The first-order chi connectivity index (χ1) is 15.2. The standard InChI is InChI=1S/C21H25F5N4O2S/c1-9-15(33-19(28-9)18(31)29-10(2)20(3,4)32)13-8-27-14(7-12(13)17(22)23)30-16(11-5-6-11)21(24,25)26/h7-8,10-11,16-17,32H,5-6H2,1-4H3,(H,27,30)(H,29,31). The molecule has 1 aliphatic carbocycles. The summed E-state index contributed by atoms with van der Waals surface area (Å²) in [6, 6.07) is -1.54. The number of aromatic nitrogens is 2. The van der Waals surface area contributed by atoms with Gasteiger partial charge in [0.25, 0.3) is 12.3 Å². The van der Waals surface area contributed by atoms with Gasteiger partial charge in [0.15, 0.2) is 5.01 Å². The lowest BCUT2D eigenvalue weighted by Gasteiger charge is -2.26. The second-order valence-corrected chi connectivity index (χ2v) is 9.74. The van der Waals surface area contributed by atoms with Crippen molar-refractivity contribution in [2.24, 2.45) is 5.92 Å². The molecule has 2 heterocycles. The molecule has 0 aliphatic heterocycles. The van der Waals surface area contributed by atoms with Gasteiger partial charge in [-0.2, -0.15) is 13.2 Å². The lowest BCUT2D eigenvalue weighted by molar-refractivity contribution is -0.146. The van der Waals surface area contributed by atoms with E-state index < -0.39 is 47.7 Å². The largest absolute Gasteiger partial charge is 0.408 e. The fourth-order valence-corrected chi connectivity index (χ4v) is 4.16. The molecule has 182 valence electrons. The highest BCUT2D eigenvalue weighted by Gasteiger charge is 2.49. The minimum absolute atomic E-state index is 0.00452. The Labute approximate surface area is 191 Å². The van der Waals surface area contributed by atoms with Gasteiger partial charge in [0.1, 0.15) is 11.9 Å². The minimum atomic E-state index is -4.52. The van der Waals surface area contributed by atoms with Crippen LogP contribution in [0, 0.1) is 12.8 Å². The zero-order chi connectivity index (χ0) is 24.7. The van der Waals surface area contributed by atoms with Crippen molar-refractivity contribution in [1.29, 1.82) is 0 Å². The van der Waals surface area contributed by atoms with Gasteiger partial charge < -0.3 is 15.7 Å². The molecule has 6 nitrogen and oxygen atoms in total. The van der Waals surface area contributed by atoms with Gasteiger partial charge in [-0.3, -0.25) is 4.79 Å². The summed E-state index contributed by atoms with van der Waals surface area (Å²) in [4.78, 5) is 20.8. The maximum absolute atomic E-state index is 13.8. The van der Waals surface area contributed by atoms with E-state index in [0.29, 0.717) is 18.5 Å². The van der Waals surface area contributed by atoms with Crippen molar-refractivity contribution in [3.05, 3.63) is 28.5 Å². The molecule has 0 spiro atoms. The number of thiazole rings is 1. The highest BCUT2D eigenvalue weighted by Crippen LogP contribution is 2.42. The molecule has 12 heteroatoms. The summed E-state index contributed by atoms with van der Waals surface area (Å²) >= 11 is 0.865. The molecular weight excluding hydrogens is 467 g/mol. The van der Waals surface area contributed by atoms with Gasteiger partial charge in [-0.15, -0.1) is 11.3 Å². The third-order valence-electron chi connectivity index (χ3n) is 5.56. The molecule has 2 aromatic rings. The van der Waals surface area contributed by atoms with E-state index in [2.05, 4.69) is 20.6 Å². The number of amides is 1. The Morgan fingerprint density at radius 3 is 2.42 bits per heavy atom. The van der Waals surface area contributed by atoms with Crippen LogP contribution in [0.3, 0.4) is 0 Å². The maximum atomic E-state index is 13.8. The van der Waals surface area contributed by atoms with Crippen molar-refractivity contribution < 1.29 is 31.9 Å². The van der Waals surface area contributed by atoms with Gasteiger partial charge in [-0.25, -0.2) is 18.7 Å². The zero-order valence-corrected chi connectivity index (χ0v) is 19.2. The first-order valence-electron chi connectivity index (χ1n) is 10.3. The van der Waals surface area contributed by atoms with Crippen molar-refractivity contribution >= 4 is 23.1 Å². The van der Waals surface area contributed by atoms with E-state index in [9.17, 15) is 31.9 Å². The molecule has 1 amide bonds. The number of halogens is 5. The Bertz CT molecular complexity index is 1020. The SMILES string of the molecule is Cc1nc(C(=O)NC(C)C(C)(C)O)sc1-c1cnc(NC(C2CC2)C(F)(F)F)cc1C(F)F. The molecular formula is C21H25F5N4O2S. The Balaban J connectivity index is 1.89. The number of nitrogens with one attached hydrogen (secondary N) is 2. The number of rotatable bonds is 8. The number of carbonyl (C=O) groups excluding carboxylic acids is 1. The fraction of sp³-hybridized carbons (Fsp3) is 0.571. The van der Waals surface area contributed by atoms with Gasteiger partial charge in [0.2, 0.25) is 0 Å². The van der Waals surface area contributed by atoms with Crippen LogP contribution in [0.5, 0.6) is 0 Å². The normalized spacial score (nSPS) is 16.6.